The molecule has 0 bridgehead atoms. The molecule has 0 amide bonds. The summed E-state index contributed by atoms with van der Waals surface area (Å²) in [5.74, 6) is 2.43. The van der Waals surface area contributed by atoms with Gasteiger partial charge in [-0.15, -0.1) is 0 Å². The van der Waals surface area contributed by atoms with Crippen LogP contribution in [0.3, 0.4) is 0 Å². The van der Waals surface area contributed by atoms with Gasteiger partial charge in [-0.05, 0) is 36.2 Å². The maximum absolute atomic E-state index is 9.48. The molecule has 4 aromatic rings. The maximum Gasteiger partial charge on any atom is 0.231 e. The summed E-state index contributed by atoms with van der Waals surface area (Å²) in [6, 6.07) is 17.7. The number of anilines is 5. The highest BCUT2D eigenvalue weighted by Crippen LogP contribution is 2.33. The molecular weight excluding hydrogens is 464 g/mol. The van der Waals surface area contributed by atoms with E-state index in [0.29, 0.717) is 34.6 Å². The van der Waals surface area contributed by atoms with Gasteiger partial charge in [-0.3, -0.25) is 4.90 Å². The van der Waals surface area contributed by atoms with E-state index in [1.54, 1.807) is 13.2 Å². The fourth-order valence-electron chi connectivity index (χ4n) is 4.71. The van der Waals surface area contributed by atoms with E-state index in [-0.39, 0.29) is 0 Å². The molecule has 1 aliphatic heterocycles. The summed E-state index contributed by atoms with van der Waals surface area (Å²) in [6.07, 6.45) is 1.82. The van der Waals surface area contributed by atoms with E-state index in [0.717, 1.165) is 55.2 Å². The van der Waals surface area contributed by atoms with Crippen LogP contribution < -0.4 is 20.3 Å². The quantitative estimate of drug-likeness (QED) is 0.309. The van der Waals surface area contributed by atoms with Gasteiger partial charge in [0.15, 0.2) is 0 Å². The Morgan fingerprint density at radius 1 is 1.03 bits per heavy atom. The standard InChI is InChI=1S/C28H32N8O/c1-19(2)18-35-12-14-36(15-13-35)21-8-9-24(25(16-21)37-3)32-28-33-26-22(10-11-30-26)27(34-28)31-23-7-5-4-6-20(23)17-29/h4-11,16,19H,12-15,18H2,1-3H3,(H3,30,31,32,33,34). The second kappa shape index (κ2) is 10.8. The number of hydrogen-bond donors (Lipinski definition) is 3. The van der Waals surface area contributed by atoms with Crippen LogP contribution in [0.15, 0.2) is 54.7 Å². The molecule has 0 radical (unpaired) electrons. The molecular formula is C28H32N8O. The van der Waals surface area contributed by atoms with Gasteiger partial charge in [0.1, 0.15) is 23.3 Å². The summed E-state index contributed by atoms with van der Waals surface area (Å²) in [5.41, 5.74) is 3.83. The van der Waals surface area contributed by atoms with Gasteiger partial charge >= 0.3 is 0 Å². The third-order valence-electron chi connectivity index (χ3n) is 6.51. The predicted octanol–water partition coefficient (Wildman–Crippen LogP) is 5.10. The fraction of sp³-hybridized carbons (Fsp3) is 0.321. The fourth-order valence-corrected chi connectivity index (χ4v) is 4.71. The average molecular weight is 497 g/mol. The number of benzene rings is 2. The van der Waals surface area contributed by atoms with Crippen LogP contribution in [0.4, 0.5) is 28.8 Å². The van der Waals surface area contributed by atoms with Crippen molar-refractivity contribution < 1.29 is 4.74 Å². The average Bonchev–Trinajstić information content (AvgIpc) is 3.38. The van der Waals surface area contributed by atoms with Crippen molar-refractivity contribution >= 4 is 39.9 Å². The number of fused-ring (bicyclic) bond motifs is 1. The van der Waals surface area contributed by atoms with Crippen molar-refractivity contribution in [2.24, 2.45) is 5.92 Å². The van der Waals surface area contributed by atoms with Crippen molar-refractivity contribution in [1.29, 1.82) is 5.26 Å². The van der Waals surface area contributed by atoms with E-state index in [9.17, 15) is 5.26 Å². The number of nitrogens with one attached hydrogen (secondary N) is 3. The lowest BCUT2D eigenvalue weighted by Crippen LogP contribution is -2.47. The van der Waals surface area contributed by atoms with E-state index in [2.05, 4.69) is 62.5 Å². The Morgan fingerprint density at radius 2 is 1.84 bits per heavy atom. The van der Waals surface area contributed by atoms with Crippen LogP contribution in [-0.2, 0) is 0 Å². The molecule has 9 nitrogen and oxygen atoms in total. The van der Waals surface area contributed by atoms with E-state index < -0.39 is 0 Å². The number of methoxy groups -OCH3 is 1. The number of ether oxygens (including phenoxy) is 1. The summed E-state index contributed by atoms with van der Waals surface area (Å²) >= 11 is 0. The lowest BCUT2D eigenvalue weighted by atomic mass is 10.1. The molecule has 0 aliphatic carbocycles. The zero-order chi connectivity index (χ0) is 25.8. The highest BCUT2D eigenvalue weighted by atomic mass is 16.5. The molecule has 0 saturated carbocycles. The molecule has 9 heteroatoms. The molecule has 3 heterocycles. The first-order valence-electron chi connectivity index (χ1n) is 12.6. The largest absolute Gasteiger partial charge is 0.494 e. The number of hydrogen-bond acceptors (Lipinski definition) is 8. The summed E-state index contributed by atoms with van der Waals surface area (Å²) in [6.45, 7) is 9.80. The lowest BCUT2D eigenvalue weighted by Gasteiger charge is -2.37. The number of aromatic nitrogens is 3. The number of para-hydroxylation sites is 1. The minimum absolute atomic E-state index is 0.417. The third kappa shape index (κ3) is 5.44. The summed E-state index contributed by atoms with van der Waals surface area (Å²) in [5, 5.41) is 16.9. The molecule has 0 unspecified atom stereocenters. The highest BCUT2D eigenvalue weighted by molar-refractivity contribution is 5.91. The molecule has 1 fully saturated rings. The lowest BCUT2D eigenvalue weighted by molar-refractivity contribution is 0.231. The highest BCUT2D eigenvalue weighted by Gasteiger charge is 2.19. The van der Waals surface area contributed by atoms with Crippen molar-refractivity contribution in [1.82, 2.24) is 19.9 Å². The van der Waals surface area contributed by atoms with Crippen LogP contribution in [0.5, 0.6) is 5.75 Å². The van der Waals surface area contributed by atoms with Gasteiger partial charge in [-0.1, -0.05) is 26.0 Å². The summed E-state index contributed by atoms with van der Waals surface area (Å²) < 4.78 is 5.74. The summed E-state index contributed by atoms with van der Waals surface area (Å²) in [4.78, 5) is 17.5. The van der Waals surface area contributed by atoms with Gasteiger partial charge in [0, 0.05) is 50.7 Å². The minimum Gasteiger partial charge on any atom is -0.494 e. The van der Waals surface area contributed by atoms with E-state index in [1.807, 2.05) is 36.5 Å². The molecule has 2 aromatic heterocycles. The predicted molar refractivity (Wildman–Crippen MR) is 148 cm³/mol. The van der Waals surface area contributed by atoms with Gasteiger partial charge in [0.2, 0.25) is 5.95 Å². The Hall–Kier alpha value is -4.29. The molecule has 190 valence electrons. The van der Waals surface area contributed by atoms with Crippen LogP contribution in [0.1, 0.15) is 19.4 Å². The second-order valence-electron chi connectivity index (χ2n) is 9.61. The normalized spacial score (nSPS) is 14.1. The Bertz CT molecular complexity index is 1420. The van der Waals surface area contributed by atoms with Crippen LogP contribution in [0.25, 0.3) is 11.0 Å². The number of rotatable bonds is 8. The zero-order valence-electron chi connectivity index (χ0n) is 21.5. The molecule has 3 N–H and O–H groups in total. The molecule has 0 atom stereocenters. The van der Waals surface area contributed by atoms with Gasteiger partial charge in [-0.25, -0.2) is 0 Å². The smallest absolute Gasteiger partial charge is 0.231 e. The minimum atomic E-state index is 0.417. The Kier molecular flexibility index (Phi) is 7.10. The first-order valence-corrected chi connectivity index (χ1v) is 12.6. The molecule has 5 rings (SSSR count). The van der Waals surface area contributed by atoms with Crippen molar-refractivity contribution in [3.05, 3.63) is 60.3 Å². The van der Waals surface area contributed by atoms with Gasteiger partial charge in [0.25, 0.3) is 0 Å². The molecule has 1 saturated heterocycles. The van der Waals surface area contributed by atoms with E-state index >= 15 is 0 Å². The summed E-state index contributed by atoms with van der Waals surface area (Å²) in [7, 11) is 1.67. The molecule has 1 aliphatic rings. The SMILES string of the molecule is COc1cc(N2CCN(CC(C)C)CC2)ccc1Nc1nc(Nc2ccccc2C#N)c2cc[nH]c2n1. The number of nitrogens with zero attached hydrogens (tertiary/aromatic N) is 5. The Labute approximate surface area is 217 Å². The zero-order valence-corrected chi connectivity index (χ0v) is 21.5. The topological polar surface area (TPSA) is 105 Å². The van der Waals surface area contributed by atoms with E-state index in [4.69, 9.17) is 9.72 Å². The van der Waals surface area contributed by atoms with Crippen molar-refractivity contribution in [2.75, 3.05) is 55.4 Å². The maximum atomic E-state index is 9.48. The van der Waals surface area contributed by atoms with Crippen molar-refractivity contribution in [2.45, 2.75) is 13.8 Å². The second-order valence-corrected chi connectivity index (χ2v) is 9.61. The van der Waals surface area contributed by atoms with Gasteiger partial charge in [0.05, 0.1) is 29.4 Å². The van der Waals surface area contributed by atoms with Crippen molar-refractivity contribution in [3.8, 4) is 11.8 Å². The van der Waals surface area contributed by atoms with Crippen LogP contribution in [0, 0.1) is 17.2 Å². The van der Waals surface area contributed by atoms with Gasteiger partial charge in [-0.2, -0.15) is 15.2 Å². The number of piperazine rings is 1. The molecule has 2 aromatic carbocycles. The number of H-pyrrole nitrogens is 1. The van der Waals surface area contributed by atoms with Crippen LogP contribution in [0.2, 0.25) is 0 Å². The van der Waals surface area contributed by atoms with Gasteiger partial charge < -0.3 is 25.3 Å². The Balaban J connectivity index is 1.37. The van der Waals surface area contributed by atoms with Crippen molar-refractivity contribution in [3.63, 3.8) is 0 Å². The van der Waals surface area contributed by atoms with E-state index in [1.165, 1.54) is 0 Å². The number of nitriles is 1. The molecule has 0 spiro atoms. The number of aromatic amines is 1. The monoisotopic (exact) mass is 496 g/mol. The molecule has 37 heavy (non-hydrogen) atoms. The first-order chi connectivity index (χ1) is 18.0. The van der Waals surface area contributed by atoms with Crippen LogP contribution in [-0.4, -0.2) is 59.7 Å². The van der Waals surface area contributed by atoms with Crippen LogP contribution >= 0.6 is 0 Å². The third-order valence-corrected chi connectivity index (χ3v) is 6.51. The first kappa shape index (κ1) is 24.4. The Morgan fingerprint density at radius 3 is 2.59 bits per heavy atom.